The lowest BCUT2D eigenvalue weighted by molar-refractivity contribution is 0.320. The number of nitrogens with zero attached hydrogens (tertiary/aromatic N) is 1. The minimum Gasteiger partial charge on any atom is -0.491 e. The van der Waals surface area contributed by atoms with E-state index in [-0.39, 0.29) is 0 Å². The van der Waals surface area contributed by atoms with E-state index in [1.165, 1.54) is 29.6 Å². The molecule has 1 aliphatic carbocycles. The molecule has 112 valence electrons. The fourth-order valence-corrected chi connectivity index (χ4v) is 2.56. The lowest BCUT2D eigenvalue weighted by Gasteiger charge is -2.14. The lowest BCUT2D eigenvalue weighted by atomic mass is 10.1. The van der Waals surface area contributed by atoms with Crippen LogP contribution in [0.25, 0.3) is 10.9 Å². The van der Waals surface area contributed by atoms with Gasteiger partial charge in [0.05, 0.1) is 6.61 Å². The van der Waals surface area contributed by atoms with E-state index in [1.54, 1.807) is 0 Å². The Morgan fingerprint density at radius 1 is 1.24 bits per heavy atom. The fourth-order valence-electron chi connectivity index (χ4n) is 2.56. The summed E-state index contributed by atoms with van der Waals surface area (Å²) in [6.07, 6.45) is 4.67. The second-order valence-electron chi connectivity index (χ2n) is 5.80. The largest absolute Gasteiger partial charge is 0.491 e. The minimum atomic E-state index is 0.649. The third-order valence-electron chi connectivity index (χ3n) is 3.85. The summed E-state index contributed by atoms with van der Waals surface area (Å²) in [4.78, 5) is 4.89. The molecule has 1 saturated carbocycles. The molecule has 1 aliphatic rings. The van der Waals surface area contributed by atoms with Crippen molar-refractivity contribution in [2.24, 2.45) is 0 Å². The highest BCUT2D eigenvalue weighted by molar-refractivity contribution is 5.95. The number of hydrogen-bond donors (Lipinski definition) is 1. The first-order valence-corrected chi connectivity index (χ1v) is 8.13. The van der Waals surface area contributed by atoms with Crippen LogP contribution in [0, 0.1) is 0 Å². The van der Waals surface area contributed by atoms with Gasteiger partial charge >= 0.3 is 0 Å². The second-order valence-corrected chi connectivity index (χ2v) is 5.80. The number of nitrogens with one attached hydrogen (secondary N) is 1. The van der Waals surface area contributed by atoms with Gasteiger partial charge in [0.2, 0.25) is 0 Å². The topological polar surface area (TPSA) is 34.2 Å². The maximum absolute atomic E-state index is 5.89. The van der Waals surface area contributed by atoms with E-state index in [0.717, 1.165) is 37.3 Å². The summed E-state index contributed by atoms with van der Waals surface area (Å²) in [5.41, 5.74) is 3.42. The summed E-state index contributed by atoms with van der Waals surface area (Å²) in [5.74, 6) is 1.56. The molecule has 0 radical (unpaired) electrons. The number of pyridine rings is 1. The Hall–Kier alpha value is -1.77. The number of benzene rings is 1. The molecule has 1 heterocycles. The highest BCUT2D eigenvalue weighted by Crippen LogP contribution is 2.42. The molecular formula is C18H24N2O. The summed E-state index contributed by atoms with van der Waals surface area (Å²) >= 11 is 0. The van der Waals surface area contributed by atoms with Crippen molar-refractivity contribution >= 4 is 16.6 Å². The summed E-state index contributed by atoms with van der Waals surface area (Å²) in [7, 11) is 0. The third kappa shape index (κ3) is 3.12. The van der Waals surface area contributed by atoms with Gasteiger partial charge in [0.15, 0.2) is 0 Å². The summed E-state index contributed by atoms with van der Waals surface area (Å²) < 4.78 is 5.89. The first-order valence-electron chi connectivity index (χ1n) is 8.13. The van der Waals surface area contributed by atoms with Gasteiger partial charge in [-0.1, -0.05) is 26.0 Å². The number of hydrogen-bond acceptors (Lipinski definition) is 3. The van der Waals surface area contributed by atoms with E-state index >= 15 is 0 Å². The van der Waals surface area contributed by atoms with Gasteiger partial charge in [-0.3, -0.25) is 0 Å². The molecular weight excluding hydrogens is 260 g/mol. The summed E-state index contributed by atoms with van der Waals surface area (Å²) in [5, 5.41) is 4.72. The number of aromatic nitrogens is 1. The van der Waals surface area contributed by atoms with Gasteiger partial charge < -0.3 is 10.1 Å². The van der Waals surface area contributed by atoms with Gasteiger partial charge in [-0.05, 0) is 37.8 Å². The monoisotopic (exact) mass is 284 g/mol. The second kappa shape index (κ2) is 6.33. The molecule has 21 heavy (non-hydrogen) atoms. The van der Waals surface area contributed by atoms with Crippen LogP contribution < -0.4 is 10.1 Å². The average Bonchev–Trinajstić information content (AvgIpc) is 3.35. The minimum absolute atomic E-state index is 0.649. The first kappa shape index (κ1) is 14.2. The van der Waals surface area contributed by atoms with E-state index in [9.17, 15) is 0 Å². The van der Waals surface area contributed by atoms with Crippen LogP contribution in [0.1, 0.15) is 51.1 Å². The molecule has 2 aromatic rings. The zero-order valence-corrected chi connectivity index (χ0v) is 13.0. The molecule has 0 bridgehead atoms. The maximum atomic E-state index is 5.89. The fraction of sp³-hybridized carbons (Fsp3) is 0.500. The van der Waals surface area contributed by atoms with Gasteiger partial charge in [0, 0.05) is 29.2 Å². The van der Waals surface area contributed by atoms with Crippen molar-refractivity contribution in [2.45, 2.75) is 45.4 Å². The molecule has 0 spiro atoms. The zero-order valence-electron chi connectivity index (χ0n) is 13.0. The van der Waals surface area contributed by atoms with Crippen LogP contribution in [0.2, 0.25) is 0 Å². The van der Waals surface area contributed by atoms with Crippen molar-refractivity contribution in [3.05, 3.63) is 30.0 Å². The van der Waals surface area contributed by atoms with E-state index < -0.39 is 0 Å². The number of ether oxygens (including phenoxy) is 1. The summed E-state index contributed by atoms with van der Waals surface area (Å²) in [6, 6.07) is 8.46. The van der Waals surface area contributed by atoms with Crippen LogP contribution in [0.5, 0.6) is 5.75 Å². The molecule has 3 heteroatoms. The molecule has 0 aliphatic heterocycles. The van der Waals surface area contributed by atoms with Crippen molar-refractivity contribution < 1.29 is 4.74 Å². The van der Waals surface area contributed by atoms with Crippen LogP contribution in [0.3, 0.4) is 0 Å². The molecule has 3 nitrogen and oxygen atoms in total. The van der Waals surface area contributed by atoms with E-state index in [4.69, 9.17) is 9.72 Å². The van der Waals surface area contributed by atoms with E-state index in [0.29, 0.717) is 5.92 Å². The van der Waals surface area contributed by atoms with Crippen LogP contribution in [0.15, 0.2) is 24.3 Å². The molecule has 1 N–H and O–H groups in total. The molecule has 1 aromatic carbocycles. The normalized spacial score (nSPS) is 14.4. The predicted molar refractivity (Wildman–Crippen MR) is 88.3 cm³/mol. The average molecular weight is 284 g/mol. The highest BCUT2D eigenvalue weighted by atomic mass is 16.5. The Morgan fingerprint density at radius 2 is 2.10 bits per heavy atom. The number of fused-ring (bicyclic) bond motifs is 1. The predicted octanol–water partition coefficient (Wildman–Crippen LogP) is 4.72. The maximum Gasteiger partial charge on any atom is 0.145 e. The molecule has 0 amide bonds. The Kier molecular flexibility index (Phi) is 4.28. The van der Waals surface area contributed by atoms with Crippen molar-refractivity contribution in [1.29, 1.82) is 0 Å². The molecule has 1 aromatic heterocycles. The van der Waals surface area contributed by atoms with Gasteiger partial charge in [0.25, 0.3) is 0 Å². The Morgan fingerprint density at radius 3 is 2.81 bits per heavy atom. The van der Waals surface area contributed by atoms with E-state index in [2.05, 4.69) is 37.4 Å². The quantitative estimate of drug-likeness (QED) is 0.798. The third-order valence-corrected chi connectivity index (χ3v) is 3.85. The number of para-hydroxylation sites is 1. The van der Waals surface area contributed by atoms with Gasteiger partial charge in [-0.25, -0.2) is 4.98 Å². The van der Waals surface area contributed by atoms with Crippen LogP contribution in [-0.4, -0.2) is 18.1 Å². The van der Waals surface area contributed by atoms with Crippen molar-refractivity contribution in [3.63, 3.8) is 0 Å². The molecule has 1 fully saturated rings. The van der Waals surface area contributed by atoms with Crippen molar-refractivity contribution in [1.82, 2.24) is 4.98 Å². The van der Waals surface area contributed by atoms with Crippen LogP contribution in [-0.2, 0) is 0 Å². The Balaban J connectivity index is 2.06. The van der Waals surface area contributed by atoms with Crippen molar-refractivity contribution in [3.8, 4) is 5.75 Å². The molecule has 0 unspecified atom stereocenters. The van der Waals surface area contributed by atoms with E-state index in [1.807, 2.05) is 6.07 Å². The first-order chi connectivity index (χ1) is 10.3. The number of rotatable bonds is 7. The van der Waals surface area contributed by atoms with Crippen molar-refractivity contribution in [2.75, 3.05) is 18.5 Å². The standard InChI is InChI=1S/C18H24N2O/c1-3-10-19-16-12-15(13-8-9-13)20-18-14(16)6-5-7-17(18)21-11-4-2/h5-7,12-13H,3-4,8-11H2,1-2H3,(H,19,20). The van der Waals surface area contributed by atoms with Gasteiger partial charge in [-0.15, -0.1) is 0 Å². The molecule has 0 saturated heterocycles. The number of anilines is 1. The van der Waals surface area contributed by atoms with Crippen LogP contribution >= 0.6 is 0 Å². The zero-order chi connectivity index (χ0) is 14.7. The van der Waals surface area contributed by atoms with Gasteiger partial charge in [-0.2, -0.15) is 0 Å². The van der Waals surface area contributed by atoms with Gasteiger partial charge in [0.1, 0.15) is 11.3 Å². The SMILES string of the molecule is CCCNc1cc(C2CC2)nc2c(OCCC)cccc12. The lowest BCUT2D eigenvalue weighted by Crippen LogP contribution is -2.04. The molecule has 0 atom stereocenters. The highest BCUT2D eigenvalue weighted by Gasteiger charge is 2.26. The summed E-state index contributed by atoms with van der Waals surface area (Å²) in [6.45, 7) is 6.05. The Labute approximate surface area is 126 Å². The molecule has 3 rings (SSSR count). The Bertz CT molecular complexity index is 620. The van der Waals surface area contributed by atoms with Crippen LogP contribution in [0.4, 0.5) is 5.69 Å². The smallest absolute Gasteiger partial charge is 0.145 e.